The fourth-order valence-electron chi connectivity index (χ4n) is 5.71. The van der Waals surface area contributed by atoms with Gasteiger partial charge in [0.05, 0.1) is 16.6 Å². The van der Waals surface area contributed by atoms with Crippen LogP contribution in [0.3, 0.4) is 0 Å². The molecule has 0 aromatic rings. The lowest BCUT2D eigenvalue weighted by Crippen LogP contribution is -2.59. The lowest BCUT2D eigenvalue weighted by atomic mass is 9.70. The highest BCUT2D eigenvalue weighted by molar-refractivity contribution is 6.54. The van der Waals surface area contributed by atoms with Gasteiger partial charge in [-0.15, -0.1) is 0 Å². The average molecular weight is 448 g/mol. The van der Waals surface area contributed by atoms with E-state index >= 15 is 0 Å². The van der Waals surface area contributed by atoms with Crippen molar-refractivity contribution in [3.63, 3.8) is 0 Å². The highest BCUT2D eigenvalue weighted by Gasteiger charge is 2.55. The second kappa shape index (κ2) is 6.89. The summed E-state index contributed by atoms with van der Waals surface area (Å²) < 4.78 is 38.8. The number of amides is 1. The van der Waals surface area contributed by atoms with Crippen molar-refractivity contribution in [2.75, 3.05) is 0 Å². The van der Waals surface area contributed by atoms with Crippen molar-refractivity contribution < 1.29 is 22.9 Å². The largest absolute Gasteiger partial charge is 0.490 e. The molecule has 0 atom stereocenters. The Bertz CT molecular complexity index is 881. The number of nitrogens with one attached hydrogen (secondary N) is 1. The topological polar surface area (TPSA) is 50.8 Å². The molecular weight excluding hydrogens is 413 g/mol. The Morgan fingerprint density at radius 2 is 1.59 bits per heavy atom. The number of carbonyl (C=O) groups excluding carboxylic acids is 1. The van der Waals surface area contributed by atoms with Gasteiger partial charge in [0.15, 0.2) is 0 Å². The Morgan fingerprint density at radius 1 is 1.00 bits per heavy atom. The minimum atomic E-state index is -2.51. The number of alkyl halides is 2. The summed E-state index contributed by atoms with van der Waals surface area (Å²) in [6.45, 7) is 12.2. The van der Waals surface area contributed by atoms with E-state index in [9.17, 15) is 13.6 Å². The standard InChI is InChI=1S/C24H35BF2N2O3/c1-21(2)18-8-7-14(25-31-22(3,4)23(5,6)32-25)9-19(18)29(20(21)30)17-10-15(11-17)28-16-12-24(26,27)13-16/h9,15-17,28H,7-8,10-13H2,1-6H3. The van der Waals surface area contributed by atoms with Crippen molar-refractivity contribution in [3.05, 3.63) is 22.8 Å². The lowest BCUT2D eigenvalue weighted by Gasteiger charge is -2.46. The molecule has 0 radical (unpaired) electrons. The van der Waals surface area contributed by atoms with E-state index in [2.05, 4.69) is 39.1 Å². The molecule has 2 heterocycles. The van der Waals surface area contributed by atoms with Crippen molar-refractivity contribution in [2.45, 2.75) is 115 Å². The Balaban J connectivity index is 1.32. The molecule has 0 aromatic carbocycles. The summed E-state index contributed by atoms with van der Waals surface area (Å²) in [6, 6.07) is 0.221. The molecule has 0 bridgehead atoms. The van der Waals surface area contributed by atoms with Gasteiger partial charge in [0.25, 0.3) is 5.92 Å². The predicted octanol–water partition coefficient (Wildman–Crippen LogP) is 4.38. The summed E-state index contributed by atoms with van der Waals surface area (Å²) in [7, 11) is -0.397. The van der Waals surface area contributed by atoms with Crippen molar-refractivity contribution >= 4 is 13.0 Å². The number of hydrogen-bond acceptors (Lipinski definition) is 4. The number of hydrogen-bond donors (Lipinski definition) is 1. The van der Waals surface area contributed by atoms with Crippen molar-refractivity contribution in [3.8, 4) is 0 Å². The molecule has 5 nitrogen and oxygen atoms in total. The smallest absolute Gasteiger partial charge is 0.400 e. The van der Waals surface area contributed by atoms with E-state index in [-0.39, 0.29) is 36.9 Å². The van der Waals surface area contributed by atoms with Gasteiger partial charge < -0.3 is 19.5 Å². The first-order chi connectivity index (χ1) is 14.7. The zero-order valence-electron chi connectivity index (χ0n) is 20.1. The van der Waals surface area contributed by atoms with Gasteiger partial charge >= 0.3 is 7.12 Å². The summed E-state index contributed by atoms with van der Waals surface area (Å²) in [5.41, 5.74) is 1.98. The SMILES string of the molecule is CC1(C)C(=O)N(C2CC(NC3CC(F)(F)C3)C2)C2=C1CCC(B1OC(C)(C)C(C)(C)O1)=C2. The maximum atomic E-state index is 13.4. The maximum absolute atomic E-state index is 13.4. The highest BCUT2D eigenvalue weighted by atomic mass is 19.3. The molecule has 1 amide bonds. The van der Waals surface area contributed by atoms with Crippen LogP contribution < -0.4 is 5.32 Å². The van der Waals surface area contributed by atoms with Gasteiger partial charge in [-0.3, -0.25) is 4.79 Å². The average Bonchev–Trinajstić information content (AvgIpc) is 2.95. The van der Waals surface area contributed by atoms with Crippen molar-refractivity contribution in [2.24, 2.45) is 5.41 Å². The summed E-state index contributed by atoms with van der Waals surface area (Å²) in [4.78, 5) is 15.4. The van der Waals surface area contributed by atoms with Gasteiger partial charge in [0.1, 0.15) is 0 Å². The molecule has 5 aliphatic rings. The van der Waals surface area contributed by atoms with E-state index < -0.39 is 29.7 Å². The molecule has 2 saturated carbocycles. The Labute approximate surface area is 190 Å². The molecule has 1 N–H and O–H groups in total. The molecular formula is C24H35BF2N2O3. The van der Waals surface area contributed by atoms with E-state index in [1.54, 1.807) is 0 Å². The van der Waals surface area contributed by atoms with Crippen LogP contribution >= 0.6 is 0 Å². The van der Waals surface area contributed by atoms with Gasteiger partial charge in [-0.2, -0.15) is 0 Å². The number of halogens is 2. The normalized spacial score (nSPS) is 34.9. The molecule has 8 heteroatoms. The van der Waals surface area contributed by atoms with Crippen LogP contribution in [-0.2, 0) is 14.1 Å². The molecule has 32 heavy (non-hydrogen) atoms. The fourth-order valence-corrected chi connectivity index (χ4v) is 5.71. The van der Waals surface area contributed by atoms with Gasteiger partial charge in [-0.25, -0.2) is 8.78 Å². The van der Waals surface area contributed by atoms with Gasteiger partial charge in [-0.1, -0.05) is 0 Å². The Kier molecular flexibility index (Phi) is 4.85. The molecule has 2 aliphatic heterocycles. The second-order valence-electron chi connectivity index (χ2n) is 11.9. The molecule has 3 aliphatic carbocycles. The third kappa shape index (κ3) is 3.40. The van der Waals surface area contributed by atoms with Crippen LogP contribution in [-0.4, -0.2) is 53.2 Å². The van der Waals surface area contributed by atoms with Crippen LogP contribution in [0.4, 0.5) is 8.78 Å². The molecule has 176 valence electrons. The van der Waals surface area contributed by atoms with Crippen LogP contribution in [0.15, 0.2) is 22.8 Å². The van der Waals surface area contributed by atoms with E-state index in [0.29, 0.717) is 0 Å². The summed E-state index contributed by atoms with van der Waals surface area (Å²) in [5.74, 6) is -2.36. The molecule has 1 saturated heterocycles. The molecule has 0 unspecified atom stereocenters. The summed E-state index contributed by atoms with van der Waals surface area (Å²) >= 11 is 0. The van der Waals surface area contributed by atoms with E-state index in [4.69, 9.17) is 9.31 Å². The van der Waals surface area contributed by atoms with Crippen LogP contribution in [0, 0.1) is 5.41 Å². The number of nitrogens with zero attached hydrogens (tertiary/aromatic N) is 1. The minimum absolute atomic E-state index is 0.0701. The number of allylic oxidation sites excluding steroid dienone is 2. The predicted molar refractivity (Wildman–Crippen MR) is 119 cm³/mol. The van der Waals surface area contributed by atoms with Crippen molar-refractivity contribution in [1.29, 1.82) is 0 Å². The summed E-state index contributed by atoms with van der Waals surface area (Å²) in [6.07, 6.45) is 5.25. The van der Waals surface area contributed by atoms with Gasteiger partial charge in [0.2, 0.25) is 5.91 Å². The van der Waals surface area contributed by atoms with Crippen LogP contribution in [0.1, 0.15) is 80.1 Å². The van der Waals surface area contributed by atoms with E-state index in [1.807, 2.05) is 18.7 Å². The van der Waals surface area contributed by atoms with E-state index in [1.165, 1.54) is 5.57 Å². The third-order valence-corrected chi connectivity index (χ3v) is 8.66. The van der Waals surface area contributed by atoms with Crippen LogP contribution in [0.5, 0.6) is 0 Å². The molecule has 0 aromatic heterocycles. The monoisotopic (exact) mass is 448 g/mol. The van der Waals surface area contributed by atoms with E-state index in [0.717, 1.165) is 36.9 Å². The molecule has 5 rings (SSSR count). The molecule has 0 spiro atoms. The summed E-state index contributed by atoms with van der Waals surface area (Å²) in [5, 5.41) is 3.35. The Hall–Kier alpha value is -1.25. The molecule has 3 fully saturated rings. The fraction of sp³-hybridized carbons (Fsp3) is 0.792. The van der Waals surface area contributed by atoms with Gasteiger partial charge in [-0.05, 0) is 84.3 Å². The third-order valence-electron chi connectivity index (χ3n) is 8.66. The first-order valence-electron chi connectivity index (χ1n) is 12.0. The quantitative estimate of drug-likeness (QED) is 0.649. The Morgan fingerprint density at radius 3 is 2.16 bits per heavy atom. The zero-order chi connectivity index (χ0) is 23.3. The maximum Gasteiger partial charge on any atom is 0.490 e. The first kappa shape index (κ1) is 22.5. The lowest BCUT2D eigenvalue weighted by molar-refractivity contribution is -0.138. The zero-order valence-corrected chi connectivity index (χ0v) is 20.1. The first-order valence-corrected chi connectivity index (χ1v) is 12.0. The van der Waals surface area contributed by atoms with Crippen molar-refractivity contribution in [1.82, 2.24) is 10.2 Å². The highest BCUT2D eigenvalue weighted by Crippen LogP contribution is 2.50. The number of carbonyl (C=O) groups is 1. The van der Waals surface area contributed by atoms with Crippen LogP contribution in [0.25, 0.3) is 0 Å². The van der Waals surface area contributed by atoms with Gasteiger partial charge in [0, 0.05) is 36.7 Å². The minimum Gasteiger partial charge on any atom is -0.400 e. The van der Waals surface area contributed by atoms with Crippen LogP contribution in [0.2, 0.25) is 0 Å². The second-order valence-corrected chi connectivity index (χ2v) is 11.9. The number of rotatable bonds is 4.